The summed E-state index contributed by atoms with van der Waals surface area (Å²) >= 11 is 5.93. The van der Waals surface area contributed by atoms with E-state index in [1.807, 2.05) is 6.92 Å². The zero-order valence-electron chi connectivity index (χ0n) is 8.25. The maximum atomic E-state index is 9.24. The molecule has 1 unspecified atom stereocenters. The van der Waals surface area contributed by atoms with Gasteiger partial charge in [0.2, 0.25) is 0 Å². The lowest BCUT2D eigenvalue weighted by molar-refractivity contribution is 0.0879. The standard InChI is InChI=1S/C10H14ClNO2/c1-7(14-2)12-6-8-5-9(13)3-4-10(8)11/h3-5,7,12-13H,6H2,1-2H3. The summed E-state index contributed by atoms with van der Waals surface area (Å²) in [6.45, 7) is 2.47. The van der Waals surface area contributed by atoms with Gasteiger partial charge < -0.3 is 9.84 Å². The first-order chi connectivity index (χ1) is 6.63. The van der Waals surface area contributed by atoms with Crippen molar-refractivity contribution in [1.82, 2.24) is 5.32 Å². The van der Waals surface area contributed by atoms with Crippen LogP contribution in [0.4, 0.5) is 0 Å². The van der Waals surface area contributed by atoms with Gasteiger partial charge in [-0.05, 0) is 30.7 Å². The summed E-state index contributed by atoms with van der Waals surface area (Å²) in [7, 11) is 1.63. The molecule has 0 saturated heterocycles. The second-order valence-corrected chi connectivity index (χ2v) is 3.44. The zero-order chi connectivity index (χ0) is 10.6. The van der Waals surface area contributed by atoms with Gasteiger partial charge >= 0.3 is 0 Å². The Hall–Kier alpha value is -0.770. The molecule has 0 aromatic heterocycles. The van der Waals surface area contributed by atoms with Crippen molar-refractivity contribution in [3.8, 4) is 5.75 Å². The molecule has 0 heterocycles. The normalized spacial score (nSPS) is 12.8. The lowest BCUT2D eigenvalue weighted by Gasteiger charge is -2.12. The highest BCUT2D eigenvalue weighted by Crippen LogP contribution is 2.20. The topological polar surface area (TPSA) is 41.5 Å². The molecule has 4 heteroatoms. The first kappa shape index (κ1) is 11.3. The van der Waals surface area contributed by atoms with Crippen molar-refractivity contribution >= 4 is 11.6 Å². The largest absolute Gasteiger partial charge is 0.508 e. The van der Waals surface area contributed by atoms with Crippen LogP contribution in [0.3, 0.4) is 0 Å². The average molecular weight is 216 g/mol. The molecule has 0 aliphatic heterocycles. The number of phenolic OH excluding ortho intramolecular Hbond substituents is 1. The number of hydrogen-bond acceptors (Lipinski definition) is 3. The van der Waals surface area contributed by atoms with E-state index >= 15 is 0 Å². The van der Waals surface area contributed by atoms with Crippen LogP contribution in [-0.2, 0) is 11.3 Å². The molecule has 3 nitrogen and oxygen atoms in total. The Balaban J connectivity index is 2.62. The third-order valence-corrected chi connectivity index (χ3v) is 2.33. The van der Waals surface area contributed by atoms with Gasteiger partial charge in [0.05, 0.1) is 0 Å². The first-order valence-corrected chi connectivity index (χ1v) is 4.75. The summed E-state index contributed by atoms with van der Waals surface area (Å²) in [5.41, 5.74) is 0.857. The fourth-order valence-electron chi connectivity index (χ4n) is 1.03. The van der Waals surface area contributed by atoms with Crippen molar-refractivity contribution < 1.29 is 9.84 Å². The highest BCUT2D eigenvalue weighted by Gasteiger charge is 2.03. The number of ether oxygens (including phenoxy) is 1. The quantitative estimate of drug-likeness (QED) is 0.757. The molecule has 1 aromatic rings. The molecule has 78 valence electrons. The predicted molar refractivity (Wildman–Crippen MR) is 56.4 cm³/mol. The predicted octanol–water partition coefficient (Wildman–Crippen LogP) is 2.13. The van der Waals surface area contributed by atoms with Crippen molar-refractivity contribution in [3.63, 3.8) is 0 Å². The van der Waals surface area contributed by atoms with Crippen LogP contribution in [0.5, 0.6) is 5.75 Å². The first-order valence-electron chi connectivity index (χ1n) is 4.37. The highest BCUT2D eigenvalue weighted by molar-refractivity contribution is 6.31. The van der Waals surface area contributed by atoms with Crippen LogP contribution in [0, 0.1) is 0 Å². The molecule has 14 heavy (non-hydrogen) atoms. The van der Waals surface area contributed by atoms with Gasteiger partial charge in [-0.3, -0.25) is 5.32 Å². The minimum absolute atomic E-state index is 0.0339. The minimum Gasteiger partial charge on any atom is -0.508 e. The number of hydrogen-bond donors (Lipinski definition) is 2. The number of nitrogens with one attached hydrogen (secondary N) is 1. The van der Waals surface area contributed by atoms with Gasteiger partial charge in [0.15, 0.2) is 0 Å². The van der Waals surface area contributed by atoms with Crippen LogP contribution in [0.15, 0.2) is 18.2 Å². The maximum Gasteiger partial charge on any atom is 0.116 e. The van der Waals surface area contributed by atoms with Gasteiger partial charge in [0.25, 0.3) is 0 Å². The highest BCUT2D eigenvalue weighted by atomic mass is 35.5. The van der Waals surface area contributed by atoms with Crippen LogP contribution >= 0.6 is 11.6 Å². The van der Waals surface area contributed by atoms with Gasteiger partial charge in [-0.2, -0.15) is 0 Å². The van der Waals surface area contributed by atoms with Crippen molar-refractivity contribution in [2.75, 3.05) is 7.11 Å². The molecule has 2 N–H and O–H groups in total. The average Bonchev–Trinajstić information content (AvgIpc) is 2.19. The molecule has 0 aliphatic carbocycles. The lowest BCUT2D eigenvalue weighted by atomic mass is 10.2. The number of methoxy groups -OCH3 is 1. The Labute approximate surface area is 88.7 Å². The molecule has 0 aliphatic rings. The lowest BCUT2D eigenvalue weighted by Crippen LogP contribution is -2.26. The molecule has 1 atom stereocenters. The Morgan fingerprint density at radius 3 is 2.93 bits per heavy atom. The Morgan fingerprint density at radius 1 is 1.57 bits per heavy atom. The van der Waals surface area contributed by atoms with Crippen molar-refractivity contribution in [2.45, 2.75) is 19.7 Å². The van der Waals surface area contributed by atoms with Crippen molar-refractivity contribution in [1.29, 1.82) is 0 Å². The van der Waals surface area contributed by atoms with E-state index in [2.05, 4.69) is 5.32 Å². The zero-order valence-corrected chi connectivity index (χ0v) is 9.01. The summed E-state index contributed by atoms with van der Waals surface area (Å²) < 4.78 is 5.03. The van der Waals surface area contributed by atoms with E-state index in [4.69, 9.17) is 16.3 Å². The molecule has 1 aromatic carbocycles. The third kappa shape index (κ3) is 3.18. The van der Waals surface area contributed by atoms with Crippen LogP contribution in [0.25, 0.3) is 0 Å². The number of rotatable bonds is 4. The van der Waals surface area contributed by atoms with Gasteiger partial charge in [-0.15, -0.1) is 0 Å². The van der Waals surface area contributed by atoms with Crippen molar-refractivity contribution in [2.24, 2.45) is 0 Å². The second-order valence-electron chi connectivity index (χ2n) is 3.03. The smallest absolute Gasteiger partial charge is 0.116 e. The Kier molecular flexibility index (Phi) is 4.20. The van der Waals surface area contributed by atoms with Crippen molar-refractivity contribution in [3.05, 3.63) is 28.8 Å². The molecule has 0 saturated carbocycles. The molecule has 0 radical (unpaired) electrons. The molecule has 0 amide bonds. The van der Waals surface area contributed by atoms with Crippen LogP contribution in [0.2, 0.25) is 5.02 Å². The summed E-state index contributed by atoms with van der Waals surface area (Å²) in [6, 6.07) is 4.87. The summed E-state index contributed by atoms with van der Waals surface area (Å²) in [4.78, 5) is 0. The summed E-state index contributed by atoms with van der Waals surface area (Å²) in [5.74, 6) is 0.219. The van der Waals surface area contributed by atoms with E-state index in [0.717, 1.165) is 5.56 Å². The van der Waals surface area contributed by atoms with Crippen LogP contribution < -0.4 is 5.32 Å². The van der Waals surface area contributed by atoms with Gasteiger partial charge in [-0.1, -0.05) is 11.6 Å². The summed E-state index contributed by atoms with van der Waals surface area (Å²) in [5, 5.41) is 13.0. The van der Waals surface area contributed by atoms with E-state index in [1.165, 1.54) is 0 Å². The van der Waals surface area contributed by atoms with Gasteiger partial charge in [0.1, 0.15) is 12.0 Å². The SMILES string of the molecule is COC(C)NCc1cc(O)ccc1Cl. The molecular weight excluding hydrogens is 202 g/mol. The monoisotopic (exact) mass is 215 g/mol. The molecule has 0 fully saturated rings. The number of phenols is 1. The second kappa shape index (κ2) is 5.20. The summed E-state index contributed by atoms with van der Waals surface area (Å²) in [6.07, 6.45) is -0.0339. The molecule has 0 spiro atoms. The molecule has 0 bridgehead atoms. The molecule has 1 rings (SSSR count). The van der Waals surface area contributed by atoms with E-state index in [1.54, 1.807) is 25.3 Å². The third-order valence-electron chi connectivity index (χ3n) is 1.96. The Morgan fingerprint density at radius 2 is 2.29 bits per heavy atom. The van der Waals surface area contributed by atoms with E-state index in [9.17, 15) is 5.11 Å². The fourth-order valence-corrected chi connectivity index (χ4v) is 1.22. The number of halogens is 1. The van der Waals surface area contributed by atoms with Crippen LogP contribution in [0.1, 0.15) is 12.5 Å². The van der Waals surface area contributed by atoms with Crippen LogP contribution in [-0.4, -0.2) is 18.4 Å². The molecular formula is C10H14ClNO2. The van der Waals surface area contributed by atoms with Gasteiger partial charge in [0, 0.05) is 18.7 Å². The number of benzene rings is 1. The fraction of sp³-hybridized carbons (Fsp3) is 0.400. The van der Waals surface area contributed by atoms with E-state index in [0.29, 0.717) is 11.6 Å². The van der Waals surface area contributed by atoms with Gasteiger partial charge in [-0.25, -0.2) is 0 Å². The number of aromatic hydroxyl groups is 1. The Bertz CT molecular complexity index is 304. The van der Waals surface area contributed by atoms with E-state index in [-0.39, 0.29) is 12.0 Å². The van der Waals surface area contributed by atoms with E-state index < -0.39 is 0 Å². The maximum absolute atomic E-state index is 9.24. The minimum atomic E-state index is -0.0339.